The monoisotopic (exact) mass is 389 g/mol. The molecule has 1 aliphatic heterocycles. The Morgan fingerprint density at radius 3 is 2.61 bits per heavy atom. The van der Waals surface area contributed by atoms with Gasteiger partial charge in [0.05, 0.1) is 6.61 Å². The molecule has 0 aromatic heterocycles. The fourth-order valence-corrected chi connectivity index (χ4v) is 3.08. The topological polar surface area (TPSA) is 95.1 Å². The Morgan fingerprint density at radius 2 is 1.96 bits per heavy atom. The molecule has 1 aromatic carbocycles. The minimum absolute atomic E-state index is 0.0692. The zero-order chi connectivity index (χ0) is 20.4. The highest BCUT2D eigenvalue weighted by atomic mass is 16.6. The molecular weight excluding hydrogens is 358 g/mol. The number of carbonyl (C=O) groups is 2. The van der Waals surface area contributed by atoms with Crippen molar-refractivity contribution >= 4 is 18.0 Å². The number of piperidine rings is 1. The van der Waals surface area contributed by atoms with Gasteiger partial charge in [0.2, 0.25) is 0 Å². The summed E-state index contributed by atoms with van der Waals surface area (Å²) in [4.78, 5) is 29.8. The van der Waals surface area contributed by atoms with Gasteiger partial charge in [0.1, 0.15) is 0 Å². The fraction of sp³-hybridized carbons (Fsp3) is 0.550. The summed E-state index contributed by atoms with van der Waals surface area (Å²) in [6, 6.07) is 7.78. The Balaban J connectivity index is 1.82. The van der Waals surface area contributed by atoms with Crippen molar-refractivity contribution in [3.8, 4) is 0 Å². The molecule has 154 valence electrons. The van der Waals surface area contributed by atoms with Crippen molar-refractivity contribution in [1.29, 1.82) is 0 Å². The van der Waals surface area contributed by atoms with Crippen LogP contribution in [0.15, 0.2) is 29.3 Å². The van der Waals surface area contributed by atoms with Crippen molar-refractivity contribution in [3.63, 3.8) is 0 Å². The molecule has 0 bridgehead atoms. The van der Waals surface area contributed by atoms with E-state index in [9.17, 15) is 9.59 Å². The van der Waals surface area contributed by atoms with Crippen LogP contribution in [0.1, 0.15) is 42.6 Å². The lowest BCUT2D eigenvalue weighted by atomic mass is 10.1. The highest BCUT2D eigenvalue weighted by Gasteiger charge is 2.24. The van der Waals surface area contributed by atoms with Crippen molar-refractivity contribution in [1.82, 2.24) is 20.9 Å². The zero-order valence-corrected chi connectivity index (χ0v) is 17.0. The average Bonchev–Trinajstić information content (AvgIpc) is 2.72. The lowest BCUT2D eigenvalue weighted by Crippen LogP contribution is -2.49. The first kappa shape index (κ1) is 21.5. The van der Waals surface area contributed by atoms with E-state index in [0.29, 0.717) is 44.3 Å². The number of carbonyl (C=O) groups excluding carboxylic acids is 2. The van der Waals surface area contributed by atoms with Gasteiger partial charge >= 0.3 is 6.09 Å². The summed E-state index contributed by atoms with van der Waals surface area (Å²) >= 11 is 0. The van der Waals surface area contributed by atoms with E-state index >= 15 is 0 Å². The van der Waals surface area contributed by atoms with Crippen LogP contribution in [0.5, 0.6) is 0 Å². The SMILES string of the molecule is CCNC(=O)c1cccc(CNC(=NC)NC2CCN(C(=O)OCC)CC2)c1. The molecule has 1 aromatic rings. The summed E-state index contributed by atoms with van der Waals surface area (Å²) in [6.07, 6.45) is 1.44. The molecule has 2 amide bonds. The zero-order valence-electron chi connectivity index (χ0n) is 17.0. The van der Waals surface area contributed by atoms with E-state index in [1.165, 1.54) is 0 Å². The lowest BCUT2D eigenvalue weighted by molar-refractivity contribution is 0.0950. The number of rotatable bonds is 6. The van der Waals surface area contributed by atoms with Gasteiger partial charge in [-0.25, -0.2) is 4.79 Å². The number of aliphatic imine (C=N–C) groups is 1. The number of benzene rings is 1. The van der Waals surface area contributed by atoms with Crippen molar-refractivity contribution < 1.29 is 14.3 Å². The number of amides is 2. The number of guanidine groups is 1. The second kappa shape index (κ2) is 11.2. The maximum atomic E-state index is 12.0. The third-order valence-electron chi connectivity index (χ3n) is 4.57. The van der Waals surface area contributed by atoms with Crippen LogP contribution in [-0.2, 0) is 11.3 Å². The number of nitrogens with zero attached hydrogens (tertiary/aromatic N) is 2. The lowest BCUT2D eigenvalue weighted by Gasteiger charge is -2.32. The summed E-state index contributed by atoms with van der Waals surface area (Å²) in [5, 5.41) is 9.50. The Morgan fingerprint density at radius 1 is 1.21 bits per heavy atom. The summed E-state index contributed by atoms with van der Waals surface area (Å²) in [5.74, 6) is 0.637. The van der Waals surface area contributed by atoms with Gasteiger partial charge in [0.25, 0.3) is 5.91 Å². The fourth-order valence-electron chi connectivity index (χ4n) is 3.08. The molecule has 2 rings (SSSR count). The first-order valence-electron chi connectivity index (χ1n) is 9.83. The van der Waals surface area contributed by atoms with Crippen LogP contribution in [-0.4, -0.2) is 62.2 Å². The number of hydrogen-bond acceptors (Lipinski definition) is 4. The molecule has 0 atom stereocenters. The summed E-state index contributed by atoms with van der Waals surface area (Å²) in [7, 11) is 1.73. The van der Waals surface area contributed by atoms with Crippen molar-refractivity contribution in [2.24, 2.45) is 4.99 Å². The molecule has 1 aliphatic rings. The summed E-state index contributed by atoms with van der Waals surface area (Å²) in [5.41, 5.74) is 1.65. The highest BCUT2D eigenvalue weighted by Crippen LogP contribution is 2.11. The van der Waals surface area contributed by atoms with Gasteiger partial charge in [0, 0.05) is 44.8 Å². The molecule has 1 saturated heterocycles. The molecule has 1 fully saturated rings. The quantitative estimate of drug-likeness (QED) is 0.509. The Bertz CT molecular complexity index is 684. The van der Waals surface area contributed by atoms with E-state index in [0.717, 1.165) is 18.4 Å². The standard InChI is InChI=1S/C20H31N5O3/c1-4-22-18(26)16-8-6-7-15(13-16)14-23-19(21-3)24-17-9-11-25(12-10-17)20(27)28-5-2/h6-8,13,17H,4-5,9-12,14H2,1-3H3,(H,22,26)(H2,21,23,24). The van der Waals surface area contributed by atoms with Crippen LogP contribution in [0.2, 0.25) is 0 Å². The second-order valence-electron chi connectivity index (χ2n) is 6.59. The maximum absolute atomic E-state index is 12.0. The predicted octanol–water partition coefficient (Wildman–Crippen LogP) is 1.72. The predicted molar refractivity (Wildman–Crippen MR) is 109 cm³/mol. The third kappa shape index (κ3) is 6.44. The largest absolute Gasteiger partial charge is 0.450 e. The van der Waals surface area contributed by atoms with Crippen LogP contribution in [0.4, 0.5) is 4.79 Å². The smallest absolute Gasteiger partial charge is 0.409 e. The van der Waals surface area contributed by atoms with Crippen LogP contribution in [0, 0.1) is 0 Å². The normalized spacial score (nSPS) is 15.1. The van der Waals surface area contributed by atoms with Gasteiger partial charge in [-0.3, -0.25) is 9.79 Å². The Kier molecular flexibility index (Phi) is 8.58. The van der Waals surface area contributed by atoms with Crippen LogP contribution >= 0.6 is 0 Å². The Labute approximate surface area is 166 Å². The van der Waals surface area contributed by atoms with Crippen molar-refractivity contribution in [2.75, 3.05) is 33.3 Å². The van der Waals surface area contributed by atoms with Gasteiger partial charge < -0.3 is 25.6 Å². The first-order chi connectivity index (χ1) is 13.6. The van der Waals surface area contributed by atoms with Crippen LogP contribution in [0.25, 0.3) is 0 Å². The molecule has 0 saturated carbocycles. The van der Waals surface area contributed by atoms with Gasteiger partial charge in [-0.05, 0) is 44.4 Å². The van der Waals surface area contributed by atoms with Gasteiger partial charge in [-0.2, -0.15) is 0 Å². The highest BCUT2D eigenvalue weighted by molar-refractivity contribution is 5.94. The molecule has 3 N–H and O–H groups in total. The summed E-state index contributed by atoms with van der Waals surface area (Å²) < 4.78 is 5.05. The molecule has 28 heavy (non-hydrogen) atoms. The molecular formula is C20H31N5O3. The van der Waals surface area contributed by atoms with E-state index in [-0.39, 0.29) is 18.0 Å². The van der Waals surface area contributed by atoms with E-state index in [1.807, 2.05) is 32.0 Å². The number of ether oxygens (including phenoxy) is 1. The molecule has 0 unspecified atom stereocenters. The molecule has 0 spiro atoms. The molecule has 0 aliphatic carbocycles. The Hall–Kier alpha value is -2.77. The molecule has 8 nitrogen and oxygen atoms in total. The van der Waals surface area contributed by atoms with E-state index in [2.05, 4.69) is 20.9 Å². The first-order valence-corrected chi connectivity index (χ1v) is 9.83. The summed E-state index contributed by atoms with van der Waals surface area (Å²) in [6.45, 7) is 6.62. The third-order valence-corrected chi connectivity index (χ3v) is 4.57. The minimum Gasteiger partial charge on any atom is -0.450 e. The molecule has 0 radical (unpaired) electrons. The van der Waals surface area contributed by atoms with Crippen molar-refractivity contribution in [3.05, 3.63) is 35.4 Å². The van der Waals surface area contributed by atoms with Gasteiger partial charge in [-0.1, -0.05) is 12.1 Å². The van der Waals surface area contributed by atoms with Crippen LogP contribution < -0.4 is 16.0 Å². The maximum Gasteiger partial charge on any atom is 0.409 e. The van der Waals surface area contributed by atoms with E-state index < -0.39 is 0 Å². The average molecular weight is 390 g/mol. The molecule has 8 heteroatoms. The minimum atomic E-state index is -0.240. The molecule has 1 heterocycles. The number of likely N-dealkylation sites (tertiary alicyclic amines) is 1. The number of hydrogen-bond donors (Lipinski definition) is 3. The van der Waals surface area contributed by atoms with Crippen LogP contribution in [0.3, 0.4) is 0 Å². The van der Waals surface area contributed by atoms with Crippen molar-refractivity contribution in [2.45, 2.75) is 39.3 Å². The van der Waals surface area contributed by atoms with E-state index in [4.69, 9.17) is 4.74 Å². The van der Waals surface area contributed by atoms with E-state index in [1.54, 1.807) is 18.0 Å². The second-order valence-corrected chi connectivity index (χ2v) is 6.59. The number of nitrogens with one attached hydrogen (secondary N) is 3. The van der Waals surface area contributed by atoms with Gasteiger partial charge in [0.15, 0.2) is 5.96 Å². The van der Waals surface area contributed by atoms with Gasteiger partial charge in [-0.15, -0.1) is 0 Å².